The Balaban J connectivity index is 1.63. The highest BCUT2D eigenvalue weighted by Gasteiger charge is 2.35. The van der Waals surface area contributed by atoms with Crippen LogP contribution >= 0.6 is 23.2 Å². The number of halogens is 2. The van der Waals surface area contributed by atoms with Gasteiger partial charge in [0.1, 0.15) is 10.8 Å². The molecule has 0 aliphatic heterocycles. The van der Waals surface area contributed by atoms with Gasteiger partial charge in [-0.05, 0) is 49.7 Å². The average Bonchev–Trinajstić information content (AvgIpc) is 3.31. The maximum absolute atomic E-state index is 13.2. The molecule has 1 atom stereocenters. The molecule has 1 heterocycles. The third-order valence-electron chi connectivity index (χ3n) is 5.51. The van der Waals surface area contributed by atoms with E-state index in [1.54, 1.807) is 0 Å². The van der Waals surface area contributed by atoms with E-state index in [0.717, 1.165) is 37.7 Å². The van der Waals surface area contributed by atoms with E-state index in [1.807, 2.05) is 6.07 Å². The molecule has 138 valence electrons. The quantitative estimate of drug-likeness (QED) is 0.776. The molecule has 26 heavy (non-hydrogen) atoms. The van der Waals surface area contributed by atoms with Gasteiger partial charge < -0.3 is 4.74 Å². The Kier molecular flexibility index (Phi) is 5.14. The van der Waals surface area contributed by atoms with Gasteiger partial charge in [-0.3, -0.25) is 4.79 Å². The molecule has 0 spiro atoms. The monoisotopic (exact) mass is 394 g/mol. The van der Waals surface area contributed by atoms with Crippen LogP contribution in [-0.2, 0) is 13.0 Å². The fourth-order valence-electron chi connectivity index (χ4n) is 4.25. The number of hydrogen-bond acceptors (Lipinski definition) is 5. The van der Waals surface area contributed by atoms with Gasteiger partial charge >= 0.3 is 0 Å². The van der Waals surface area contributed by atoms with Crippen LogP contribution in [0.15, 0.2) is 6.07 Å². The van der Waals surface area contributed by atoms with Gasteiger partial charge in [0.05, 0.1) is 5.02 Å². The summed E-state index contributed by atoms with van der Waals surface area (Å²) >= 11 is 13.0. The first kappa shape index (κ1) is 17.7. The van der Waals surface area contributed by atoms with Gasteiger partial charge in [0.25, 0.3) is 0 Å². The molecule has 0 radical (unpaired) electrons. The molecule has 1 saturated carbocycles. The van der Waals surface area contributed by atoms with Crippen molar-refractivity contribution in [2.45, 2.75) is 51.6 Å². The summed E-state index contributed by atoms with van der Waals surface area (Å²) in [5.41, 5.74) is 1.52. The molecule has 1 aromatic heterocycles. The molecule has 6 nitrogen and oxygen atoms in total. The van der Waals surface area contributed by atoms with Crippen molar-refractivity contribution < 1.29 is 9.53 Å². The normalized spacial score (nSPS) is 20.8. The summed E-state index contributed by atoms with van der Waals surface area (Å²) in [6.07, 6.45) is 7.43. The average molecular weight is 395 g/mol. The maximum Gasteiger partial charge on any atom is 0.211 e. The van der Waals surface area contributed by atoms with Crippen molar-refractivity contribution in [3.05, 3.63) is 33.1 Å². The number of hydrogen-bond donors (Lipinski definition) is 1. The second-order valence-electron chi connectivity index (χ2n) is 7.06. The van der Waals surface area contributed by atoms with Crippen molar-refractivity contribution in [1.82, 2.24) is 20.6 Å². The summed E-state index contributed by atoms with van der Waals surface area (Å²) in [7, 11) is 0. The third-order valence-corrected chi connectivity index (χ3v) is 6.36. The molecule has 2 aliphatic carbocycles. The fourth-order valence-corrected chi connectivity index (χ4v) is 4.76. The lowest BCUT2D eigenvalue weighted by Crippen LogP contribution is -2.22. The number of rotatable bonds is 4. The number of benzene rings is 1. The van der Waals surface area contributed by atoms with E-state index >= 15 is 0 Å². The van der Waals surface area contributed by atoms with Gasteiger partial charge in [-0.2, -0.15) is 5.21 Å². The van der Waals surface area contributed by atoms with Crippen molar-refractivity contribution >= 4 is 29.0 Å². The SMILES string of the molecule is O=C1c2c(cc(OCc3nn[nH]n3)c(Cl)c2Cl)CCCC1C1CCCC1. The number of nitrogens with zero attached hydrogens (tertiary/aromatic N) is 3. The number of tetrazole rings is 1. The minimum absolute atomic E-state index is 0.0680. The van der Waals surface area contributed by atoms with Crippen LogP contribution in [0.25, 0.3) is 0 Å². The first-order valence-electron chi connectivity index (χ1n) is 9.05. The summed E-state index contributed by atoms with van der Waals surface area (Å²) in [5.74, 6) is 1.58. The Bertz CT molecular complexity index is 804. The van der Waals surface area contributed by atoms with E-state index in [2.05, 4.69) is 20.6 Å². The van der Waals surface area contributed by atoms with Crippen LogP contribution in [-0.4, -0.2) is 26.4 Å². The summed E-state index contributed by atoms with van der Waals surface area (Å²) in [6, 6.07) is 1.85. The van der Waals surface area contributed by atoms with Crippen LogP contribution in [0, 0.1) is 11.8 Å². The molecule has 1 fully saturated rings. The molecule has 1 unspecified atom stereocenters. The molecule has 1 aromatic carbocycles. The number of aryl methyl sites for hydroxylation is 1. The Hall–Kier alpha value is -1.66. The van der Waals surface area contributed by atoms with E-state index in [4.69, 9.17) is 27.9 Å². The number of ether oxygens (including phenoxy) is 1. The van der Waals surface area contributed by atoms with E-state index in [0.29, 0.717) is 28.1 Å². The zero-order chi connectivity index (χ0) is 18.1. The number of aromatic amines is 1. The molecule has 0 saturated heterocycles. The first-order valence-corrected chi connectivity index (χ1v) is 9.81. The van der Waals surface area contributed by atoms with Crippen molar-refractivity contribution in [3.8, 4) is 5.75 Å². The topological polar surface area (TPSA) is 80.8 Å². The molecule has 1 N–H and O–H groups in total. The van der Waals surface area contributed by atoms with Crippen LogP contribution in [0.5, 0.6) is 5.75 Å². The number of ketones is 1. The standard InChI is InChI=1S/C18H20Cl2N4O2/c19-16-13(26-9-14-21-23-24-22-14)8-11-6-3-7-12(10-4-1-2-5-10)18(25)15(11)17(16)20/h8,10,12H,1-7,9H2,(H,21,22,23,24). The Labute approximate surface area is 161 Å². The third kappa shape index (κ3) is 3.32. The minimum Gasteiger partial charge on any atom is -0.484 e. The lowest BCUT2D eigenvalue weighted by Gasteiger charge is -2.21. The van der Waals surface area contributed by atoms with Crippen LogP contribution in [0.3, 0.4) is 0 Å². The van der Waals surface area contributed by atoms with Crippen molar-refractivity contribution in [1.29, 1.82) is 0 Å². The zero-order valence-corrected chi connectivity index (χ0v) is 15.8. The highest BCUT2D eigenvalue weighted by atomic mass is 35.5. The first-order chi connectivity index (χ1) is 12.6. The number of Topliss-reactive ketones (excluding diaryl/α,β-unsaturated/α-hetero) is 1. The maximum atomic E-state index is 13.2. The van der Waals surface area contributed by atoms with Crippen LogP contribution in [0.4, 0.5) is 0 Å². The summed E-state index contributed by atoms with van der Waals surface area (Å²) < 4.78 is 5.72. The number of fused-ring (bicyclic) bond motifs is 1. The van der Waals surface area contributed by atoms with Gasteiger partial charge in [0.15, 0.2) is 12.4 Å². The number of aromatic nitrogens is 4. The molecule has 8 heteroatoms. The molecule has 4 rings (SSSR count). The van der Waals surface area contributed by atoms with Crippen LogP contribution in [0.1, 0.15) is 60.3 Å². The molecular formula is C18H20Cl2N4O2. The lowest BCUT2D eigenvalue weighted by molar-refractivity contribution is 0.0867. The van der Waals surface area contributed by atoms with E-state index in [1.165, 1.54) is 12.8 Å². The second-order valence-corrected chi connectivity index (χ2v) is 7.82. The number of H-pyrrole nitrogens is 1. The van der Waals surface area contributed by atoms with Gasteiger partial charge in [0, 0.05) is 11.5 Å². The van der Waals surface area contributed by atoms with Crippen molar-refractivity contribution in [2.75, 3.05) is 0 Å². The molecule has 0 bridgehead atoms. The Morgan fingerprint density at radius 2 is 1.96 bits per heavy atom. The largest absolute Gasteiger partial charge is 0.484 e. The zero-order valence-electron chi connectivity index (χ0n) is 14.3. The van der Waals surface area contributed by atoms with E-state index < -0.39 is 0 Å². The predicted molar refractivity (Wildman–Crippen MR) is 97.7 cm³/mol. The highest BCUT2D eigenvalue weighted by molar-refractivity contribution is 6.45. The molecule has 2 aliphatic rings. The summed E-state index contributed by atoms with van der Waals surface area (Å²) in [6.45, 7) is 0.129. The lowest BCUT2D eigenvalue weighted by atomic mass is 9.83. The molecule has 2 aromatic rings. The predicted octanol–water partition coefficient (Wildman–Crippen LogP) is 4.41. The number of carbonyl (C=O) groups excluding carboxylic acids is 1. The second kappa shape index (κ2) is 7.53. The Morgan fingerprint density at radius 3 is 2.69 bits per heavy atom. The molecular weight excluding hydrogens is 375 g/mol. The van der Waals surface area contributed by atoms with Crippen molar-refractivity contribution in [2.24, 2.45) is 11.8 Å². The van der Waals surface area contributed by atoms with Crippen molar-refractivity contribution in [3.63, 3.8) is 0 Å². The number of nitrogens with one attached hydrogen (secondary N) is 1. The van der Waals surface area contributed by atoms with E-state index in [9.17, 15) is 4.79 Å². The smallest absolute Gasteiger partial charge is 0.211 e. The fraction of sp³-hybridized carbons (Fsp3) is 0.556. The summed E-state index contributed by atoms with van der Waals surface area (Å²) in [4.78, 5) is 13.2. The molecule has 0 amide bonds. The van der Waals surface area contributed by atoms with Gasteiger partial charge in [0.2, 0.25) is 5.82 Å². The Morgan fingerprint density at radius 1 is 1.15 bits per heavy atom. The van der Waals surface area contributed by atoms with Gasteiger partial charge in [-0.1, -0.05) is 41.3 Å². The van der Waals surface area contributed by atoms with Crippen LogP contribution < -0.4 is 4.74 Å². The summed E-state index contributed by atoms with van der Waals surface area (Å²) in [5, 5.41) is 14.1. The number of carbonyl (C=O) groups is 1. The minimum atomic E-state index is 0.0680. The van der Waals surface area contributed by atoms with Gasteiger partial charge in [-0.25, -0.2) is 0 Å². The van der Waals surface area contributed by atoms with E-state index in [-0.39, 0.29) is 23.3 Å². The highest BCUT2D eigenvalue weighted by Crippen LogP contribution is 2.44. The van der Waals surface area contributed by atoms with Crippen LogP contribution in [0.2, 0.25) is 10.0 Å². The van der Waals surface area contributed by atoms with Gasteiger partial charge in [-0.15, -0.1) is 10.2 Å².